The topological polar surface area (TPSA) is 21.3 Å². The molecule has 0 aliphatic heterocycles. The monoisotopic (exact) mass is 299 g/mol. The van der Waals surface area contributed by atoms with Gasteiger partial charge in [0, 0.05) is 16.6 Å². The Hall–Kier alpha value is -0.540. The van der Waals surface area contributed by atoms with Gasteiger partial charge in [0.25, 0.3) is 0 Å². The SMILES string of the molecule is CCCC(C)Oc1ccc(Br)cc1CNCC. The lowest BCUT2D eigenvalue weighted by atomic mass is 10.2. The maximum atomic E-state index is 5.98. The van der Waals surface area contributed by atoms with Crippen molar-refractivity contribution in [3.05, 3.63) is 28.2 Å². The van der Waals surface area contributed by atoms with Crippen molar-refractivity contribution in [2.24, 2.45) is 0 Å². The molecule has 0 saturated heterocycles. The third kappa shape index (κ3) is 5.09. The summed E-state index contributed by atoms with van der Waals surface area (Å²) < 4.78 is 7.08. The Labute approximate surface area is 113 Å². The molecule has 0 spiro atoms. The van der Waals surface area contributed by atoms with Crippen LogP contribution >= 0.6 is 15.9 Å². The van der Waals surface area contributed by atoms with Gasteiger partial charge in [-0.1, -0.05) is 36.2 Å². The van der Waals surface area contributed by atoms with E-state index in [9.17, 15) is 0 Å². The van der Waals surface area contributed by atoms with E-state index in [1.165, 1.54) is 5.56 Å². The van der Waals surface area contributed by atoms with Gasteiger partial charge in [-0.2, -0.15) is 0 Å². The summed E-state index contributed by atoms with van der Waals surface area (Å²) >= 11 is 3.50. The molecule has 0 aromatic heterocycles. The van der Waals surface area contributed by atoms with Crippen LogP contribution in [0.15, 0.2) is 22.7 Å². The molecule has 96 valence electrons. The van der Waals surface area contributed by atoms with Gasteiger partial charge >= 0.3 is 0 Å². The maximum Gasteiger partial charge on any atom is 0.124 e. The van der Waals surface area contributed by atoms with Gasteiger partial charge in [-0.05, 0) is 38.1 Å². The Morgan fingerprint density at radius 2 is 2.12 bits per heavy atom. The molecule has 1 atom stereocenters. The molecular weight excluding hydrogens is 278 g/mol. The minimum absolute atomic E-state index is 0.279. The quantitative estimate of drug-likeness (QED) is 0.817. The normalized spacial score (nSPS) is 12.5. The molecule has 0 radical (unpaired) electrons. The molecule has 1 aromatic carbocycles. The van der Waals surface area contributed by atoms with Crippen molar-refractivity contribution in [1.82, 2.24) is 5.32 Å². The lowest BCUT2D eigenvalue weighted by molar-refractivity contribution is 0.207. The lowest BCUT2D eigenvalue weighted by Gasteiger charge is -2.17. The standard InChI is InChI=1S/C14H22BrNO/c1-4-6-11(3)17-14-8-7-13(15)9-12(14)10-16-5-2/h7-9,11,16H,4-6,10H2,1-3H3. The van der Waals surface area contributed by atoms with Crippen LogP contribution in [0.25, 0.3) is 0 Å². The average Bonchev–Trinajstić information content (AvgIpc) is 2.30. The molecule has 0 fully saturated rings. The minimum atomic E-state index is 0.279. The van der Waals surface area contributed by atoms with Gasteiger partial charge in [0.1, 0.15) is 5.75 Å². The van der Waals surface area contributed by atoms with Crippen LogP contribution in [0.4, 0.5) is 0 Å². The smallest absolute Gasteiger partial charge is 0.124 e. The number of nitrogens with one attached hydrogen (secondary N) is 1. The van der Waals surface area contributed by atoms with Gasteiger partial charge in [-0.25, -0.2) is 0 Å². The highest BCUT2D eigenvalue weighted by Gasteiger charge is 2.08. The predicted octanol–water partition coefficient (Wildman–Crippen LogP) is 4.13. The second kappa shape index (κ2) is 7.72. The second-order valence-corrected chi connectivity index (χ2v) is 5.17. The summed E-state index contributed by atoms with van der Waals surface area (Å²) in [6.07, 6.45) is 2.53. The molecule has 0 aliphatic carbocycles. The largest absolute Gasteiger partial charge is 0.490 e. The first-order chi connectivity index (χ1) is 8.17. The summed E-state index contributed by atoms with van der Waals surface area (Å²) in [4.78, 5) is 0. The van der Waals surface area contributed by atoms with Crippen molar-refractivity contribution < 1.29 is 4.74 Å². The van der Waals surface area contributed by atoms with E-state index in [-0.39, 0.29) is 6.10 Å². The Morgan fingerprint density at radius 3 is 2.76 bits per heavy atom. The summed E-state index contributed by atoms with van der Waals surface area (Å²) in [5, 5.41) is 3.34. The highest BCUT2D eigenvalue weighted by atomic mass is 79.9. The van der Waals surface area contributed by atoms with E-state index in [2.05, 4.69) is 48.1 Å². The molecule has 2 nitrogen and oxygen atoms in total. The zero-order valence-corrected chi connectivity index (χ0v) is 12.5. The summed E-state index contributed by atoms with van der Waals surface area (Å²) in [7, 11) is 0. The molecule has 17 heavy (non-hydrogen) atoms. The van der Waals surface area contributed by atoms with Gasteiger partial charge in [0.2, 0.25) is 0 Å². The van der Waals surface area contributed by atoms with Crippen LogP contribution in [-0.4, -0.2) is 12.6 Å². The first kappa shape index (κ1) is 14.5. The van der Waals surface area contributed by atoms with E-state index in [0.29, 0.717) is 0 Å². The highest BCUT2D eigenvalue weighted by molar-refractivity contribution is 9.10. The second-order valence-electron chi connectivity index (χ2n) is 4.25. The summed E-state index contributed by atoms with van der Waals surface area (Å²) in [6, 6.07) is 6.20. The minimum Gasteiger partial charge on any atom is -0.490 e. The first-order valence-corrected chi connectivity index (χ1v) is 7.12. The Balaban J connectivity index is 2.74. The number of benzene rings is 1. The van der Waals surface area contributed by atoms with E-state index >= 15 is 0 Å². The summed E-state index contributed by atoms with van der Waals surface area (Å²) in [6.45, 7) is 8.24. The Morgan fingerprint density at radius 1 is 1.35 bits per heavy atom. The molecule has 1 rings (SSSR count). The zero-order chi connectivity index (χ0) is 12.7. The third-order valence-electron chi connectivity index (χ3n) is 2.61. The van der Waals surface area contributed by atoms with Crippen molar-refractivity contribution in [1.29, 1.82) is 0 Å². The molecule has 3 heteroatoms. The van der Waals surface area contributed by atoms with E-state index in [4.69, 9.17) is 4.74 Å². The number of hydrogen-bond acceptors (Lipinski definition) is 2. The number of ether oxygens (including phenoxy) is 1. The van der Waals surface area contributed by atoms with Gasteiger partial charge < -0.3 is 10.1 Å². The van der Waals surface area contributed by atoms with Crippen LogP contribution < -0.4 is 10.1 Å². The Kier molecular flexibility index (Phi) is 6.60. The van der Waals surface area contributed by atoms with Crippen LogP contribution in [0.1, 0.15) is 39.2 Å². The van der Waals surface area contributed by atoms with Gasteiger partial charge in [-0.15, -0.1) is 0 Å². The number of halogens is 1. The van der Waals surface area contributed by atoms with Crippen LogP contribution in [0.2, 0.25) is 0 Å². The molecular formula is C14H22BrNO. The molecule has 0 amide bonds. The van der Waals surface area contributed by atoms with E-state index < -0.39 is 0 Å². The van der Waals surface area contributed by atoms with Crippen molar-refractivity contribution in [3.8, 4) is 5.75 Å². The van der Waals surface area contributed by atoms with E-state index in [0.717, 1.165) is 36.2 Å². The average molecular weight is 300 g/mol. The van der Waals surface area contributed by atoms with Crippen LogP contribution in [0.5, 0.6) is 5.75 Å². The highest BCUT2D eigenvalue weighted by Crippen LogP contribution is 2.24. The molecule has 1 N–H and O–H groups in total. The molecule has 0 bridgehead atoms. The number of hydrogen-bond donors (Lipinski definition) is 1. The molecule has 1 aromatic rings. The third-order valence-corrected chi connectivity index (χ3v) is 3.10. The van der Waals surface area contributed by atoms with Gasteiger partial charge in [0.15, 0.2) is 0 Å². The van der Waals surface area contributed by atoms with Crippen LogP contribution in [-0.2, 0) is 6.54 Å². The fraction of sp³-hybridized carbons (Fsp3) is 0.571. The molecule has 1 unspecified atom stereocenters. The number of rotatable bonds is 7. The van der Waals surface area contributed by atoms with Gasteiger partial charge in [0.05, 0.1) is 6.10 Å². The maximum absolute atomic E-state index is 5.98. The van der Waals surface area contributed by atoms with Crippen LogP contribution in [0, 0.1) is 0 Å². The summed E-state index contributed by atoms with van der Waals surface area (Å²) in [5.74, 6) is 0.995. The zero-order valence-electron chi connectivity index (χ0n) is 10.9. The van der Waals surface area contributed by atoms with Crippen LogP contribution in [0.3, 0.4) is 0 Å². The van der Waals surface area contributed by atoms with E-state index in [1.54, 1.807) is 0 Å². The van der Waals surface area contributed by atoms with E-state index in [1.807, 2.05) is 12.1 Å². The van der Waals surface area contributed by atoms with Crippen molar-refractivity contribution in [3.63, 3.8) is 0 Å². The fourth-order valence-corrected chi connectivity index (χ4v) is 2.15. The lowest BCUT2D eigenvalue weighted by Crippen LogP contribution is -2.16. The Bertz CT molecular complexity index is 341. The van der Waals surface area contributed by atoms with Crippen molar-refractivity contribution >= 4 is 15.9 Å². The molecule has 0 saturated carbocycles. The molecule has 0 heterocycles. The van der Waals surface area contributed by atoms with Crippen molar-refractivity contribution in [2.45, 2.75) is 46.3 Å². The summed E-state index contributed by atoms with van der Waals surface area (Å²) in [5.41, 5.74) is 1.21. The predicted molar refractivity (Wildman–Crippen MR) is 76.5 cm³/mol. The fourth-order valence-electron chi connectivity index (χ4n) is 1.74. The first-order valence-electron chi connectivity index (χ1n) is 6.33. The van der Waals surface area contributed by atoms with Crippen molar-refractivity contribution in [2.75, 3.05) is 6.54 Å². The van der Waals surface area contributed by atoms with Gasteiger partial charge in [-0.3, -0.25) is 0 Å². The molecule has 0 aliphatic rings.